The van der Waals surface area contributed by atoms with Crippen LogP contribution in [0, 0.1) is 0 Å². The SMILES string of the molecule is COc1ccc2nc3c(c(NCCCCCCCCN(CC(=O)NCCc4c[nH]c5ccc(OC)cc45)C(=O)CCCC[C@@H]4CCSS4)c2c1)CCCC3. The summed E-state index contributed by atoms with van der Waals surface area (Å²) in [7, 11) is 7.36. The first-order valence-corrected chi connectivity index (χ1v) is 22.6. The molecule has 2 aliphatic rings. The normalized spacial score (nSPS) is 15.3. The van der Waals surface area contributed by atoms with Crippen molar-refractivity contribution in [3.05, 3.63) is 59.4 Å². The second-order valence-corrected chi connectivity index (χ2v) is 17.6. The second kappa shape index (κ2) is 20.9. The van der Waals surface area contributed by atoms with Gasteiger partial charge in [0.25, 0.3) is 0 Å². The molecule has 0 bridgehead atoms. The third-order valence-electron chi connectivity index (χ3n) is 10.9. The number of ether oxygens (including phenoxy) is 2. The molecule has 0 unspecified atom stereocenters. The number of aromatic amines is 1. The summed E-state index contributed by atoms with van der Waals surface area (Å²) in [5.41, 5.74) is 7.11. The Balaban J connectivity index is 0.927. The molecular formula is C43H59N5O4S2. The van der Waals surface area contributed by atoms with E-state index in [0.717, 1.165) is 115 Å². The summed E-state index contributed by atoms with van der Waals surface area (Å²) in [5.74, 6) is 2.94. The first-order valence-electron chi connectivity index (χ1n) is 20.2. The molecule has 1 atom stereocenters. The molecule has 1 aliphatic heterocycles. The Bertz CT molecular complexity index is 1820. The minimum absolute atomic E-state index is 0.0886. The number of nitrogens with zero attached hydrogens (tertiary/aromatic N) is 2. The Kier molecular flexibility index (Phi) is 15.5. The maximum absolute atomic E-state index is 13.4. The molecule has 1 saturated heterocycles. The van der Waals surface area contributed by atoms with Crippen LogP contribution >= 0.6 is 21.6 Å². The topological polar surface area (TPSA) is 109 Å². The molecule has 54 heavy (non-hydrogen) atoms. The largest absolute Gasteiger partial charge is 0.497 e. The number of fused-ring (bicyclic) bond motifs is 3. The molecule has 0 saturated carbocycles. The van der Waals surface area contributed by atoms with Crippen molar-refractivity contribution < 1.29 is 19.1 Å². The van der Waals surface area contributed by atoms with E-state index in [1.807, 2.05) is 57.0 Å². The van der Waals surface area contributed by atoms with E-state index >= 15 is 0 Å². The van der Waals surface area contributed by atoms with Crippen molar-refractivity contribution in [2.24, 2.45) is 0 Å². The number of benzene rings is 2. The quantitative estimate of drug-likeness (QED) is 0.0536. The summed E-state index contributed by atoms with van der Waals surface area (Å²) in [5, 5.41) is 9.87. The molecule has 11 heteroatoms. The number of rotatable bonds is 22. The smallest absolute Gasteiger partial charge is 0.239 e. The molecule has 4 aromatic rings. The van der Waals surface area contributed by atoms with Gasteiger partial charge in [-0.3, -0.25) is 14.6 Å². The third kappa shape index (κ3) is 11.2. The fourth-order valence-electron chi connectivity index (χ4n) is 7.80. The van der Waals surface area contributed by atoms with Crippen LogP contribution in [0.25, 0.3) is 21.8 Å². The number of nitrogens with one attached hydrogen (secondary N) is 3. The van der Waals surface area contributed by atoms with Gasteiger partial charge in [0.15, 0.2) is 0 Å². The fraction of sp³-hybridized carbons (Fsp3) is 0.558. The molecule has 3 N–H and O–H groups in total. The summed E-state index contributed by atoms with van der Waals surface area (Å²) in [6.45, 7) is 2.22. The minimum atomic E-state index is -0.0886. The molecule has 9 nitrogen and oxygen atoms in total. The van der Waals surface area contributed by atoms with Gasteiger partial charge < -0.3 is 30.0 Å². The molecule has 0 radical (unpaired) electrons. The lowest BCUT2D eigenvalue weighted by Crippen LogP contribution is -2.41. The summed E-state index contributed by atoms with van der Waals surface area (Å²) in [4.78, 5) is 36.6. The number of methoxy groups -OCH3 is 2. The van der Waals surface area contributed by atoms with Crippen molar-refractivity contribution in [3.8, 4) is 11.5 Å². The number of aromatic nitrogens is 2. The molecule has 0 spiro atoms. The van der Waals surface area contributed by atoms with Crippen molar-refractivity contribution in [1.29, 1.82) is 0 Å². The van der Waals surface area contributed by atoms with Crippen molar-refractivity contribution in [2.45, 2.75) is 108 Å². The van der Waals surface area contributed by atoms with Crippen LogP contribution in [0.1, 0.15) is 100 Å². The second-order valence-electron chi connectivity index (χ2n) is 14.8. The zero-order chi connectivity index (χ0) is 37.5. The Morgan fingerprint density at radius 2 is 1.69 bits per heavy atom. The molecule has 2 aromatic carbocycles. The average molecular weight is 774 g/mol. The minimum Gasteiger partial charge on any atom is -0.497 e. The summed E-state index contributed by atoms with van der Waals surface area (Å²) < 4.78 is 10.9. The van der Waals surface area contributed by atoms with Crippen LogP contribution in [0.4, 0.5) is 5.69 Å². The number of unbranched alkanes of at least 4 members (excludes halogenated alkanes) is 6. The van der Waals surface area contributed by atoms with Crippen molar-refractivity contribution >= 4 is 60.9 Å². The number of carbonyl (C=O) groups excluding carboxylic acids is 2. The van der Waals surface area contributed by atoms with Crippen LogP contribution in [-0.2, 0) is 28.9 Å². The van der Waals surface area contributed by atoms with Crippen LogP contribution in [0.3, 0.4) is 0 Å². The highest BCUT2D eigenvalue weighted by Crippen LogP contribution is 2.40. The number of amides is 2. The van der Waals surface area contributed by atoms with Crippen molar-refractivity contribution in [3.63, 3.8) is 0 Å². The van der Waals surface area contributed by atoms with Gasteiger partial charge in [-0.1, -0.05) is 53.7 Å². The molecule has 3 heterocycles. The van der Waals surface area contributed by atoms with E-state index in [9.17, 15) is 9.59 Å². The zero-order valence-electron chi connectivity index (χ0n) is 32.3. The van der Waals surface area contributed by atoms with Crippen molar-refractivity contribution in [2.75, 3.05) is 51.5 Å². The van der Waals surface area contributed by atoms with E-state index in [-0.39, 0.29) is 18.4 Å². The Labute approximate surface area is 329 Å². The van der Waals surface area contributed by atoms with E-state index in [0.29, 0.717) is 25.9 Å². The van der Waals surface area contributed by atoms with Crippen LogP contribution in [0.15, 0.2) is 42.6 Å². The van der Waals surface area contributed by atoms with E-state index in [2.05, 4.69) is 27.8 Å². The van der Waals surface area contributed by atoms with Gasteiger partial charge in [0, 0.05) is 70.9 Å². The van der Waals surface area contributed by atoms with Gasteiger partial charge in [-0.15, -0.1) is 0 Å². The van der Waals surface area contributed by atoms with Crippen LogP contribution in [0.5, 0.6) is 11.5 Å². The van der Waals surface area contributed by atoms with Gasteiger partial charge in [-0.2, -0.15) is 0 Å². The van der Waals surface area contributed by atoms with E-state index in [4.69, 9.17) is 14.5 Å². The molecule has 1 aliphatic carbocycles. The zero-order valence-corrected chi connectivity index (χ0v) is 33.9. The molecule has 2 aromatic heterocycles. The number of pyridine rings is 1. The molecule has 292 valence electrons. The van der Waals surface area contributed by atoms with Gasteiger partial charge in [0.05, 0.1) is 26.3 Å². The van der Waals surface area contributed by atoms with Gasteiger partial charge in [0.1, 0.15) is 11.5 Å². The molecule has 6 rings (SSSR count). The van der Waals surface area contributed by atoms with E-state index < -0.39 is 0 Å². The van der Waals surface area contributed by atoms with Gasteiger partial charge in [0.2, 0.25) is 11.8 Å². The standard InChI is InChI=1S/C43H59N5O4S2/c1-51-32-17-19-38-36(27-32)31(29-46-38)21-24-44-41(49)30-48(42(50)16-10-7-13-34-22-26-53-54-34)25-12-6-4-3-5-11-23-45-43-35-14-8-9-15-39(35)47-40-20-18-33(52-2)28-37(40)43/h17-20,27-29,34,46H,3-16,21-26,30H2,1-2H3,(H,44,49)(H,45,47)/t34-/m1/s1. The van der Waals surface area contributed by atoms with Gasteiger partial charge in [-0.25, -0.2) is 0 Å². The summed E-state index contributed by atoms with van der Waals surface area (Å²) in [6.07, 6.45) is 18.7. The Morgan fingerprint density at radius 1 is 0.907 bits per heavy atom. The first kappa shape index (κ1) is 40.1. The lowest BCUT2D eigenvalue weighted by atomic mass is 9.92. The van der Waals surface area contributed by atoms with Gasteiger partial charge >= 0.3 is 0 Å². The van der Waals surface area contributed by atoms with Crippen LogP contribution in [0.2, 0.25) is 0 Å². The Morgan fingerprint density at radius 3 is 2.50 bits per heavy atom. The number of H-pyrrole nitrogens is 1. The highest BCUT2D eigenvalue weighted by molar-refractivity contribution is 8.77. The van der Waals surface area contributed by atoms with Gasteiger partial charge in [-0.05, 0) is 112 Å². The third-order valence-corrected chi connectivity index (χ3v) is 13.9. The predicted octanol–water partition coefficient (Wildman–Crippen LogP) is 9.27. The number of aryl methyl sites for hydroxylation is 1. The number of hydrogen-bond acceptors (Lipinski definition) is 8. The maximum atomic E-state index is 13.4. The number of hydrogen-bond donors (Lipinski definition) is 3. The maximum Gasteiger partial charge on any atom is 0.239 e. The number of carbonyl (C=O) groups is 2. The molecular weight excluding hydrogens is 715 g/mol. The molecule has 2 amide bonds. The average Bonchev–Trinajstić information content (AvgIpc) is 3.87. The monoisotopic (exact) mass is 773 g/mol. The lowest BCUT2D eigenvalue weighted by molar-refractivity contribution is -0.136. The van der Waals surface area contributed by atoms with Crippen LogP contribution in [-0.4, -0.2) is 78.1 Å². The predicted molar refractivity (Wildman–Crippen MR) is 226 cm³/mol. The Hall–Kier alpha value is -3.57. The highest BCUT2D eigenvalue weighted by Gasteiger charge is 2.20. The molecule has 1 fully saturated rings. The summed E-state index contributed by atoms with van der Waals surface area (Å²) >= 11 is 0. The highest BCUT2D eigenvalue weighted by atomic mass is 33.1. The lowest BCUT2D eigenvalue weighted by Gasteiger charge is -2.22. The van der Waals surface area contributed by atoms with E-state index in [1.54, 1.807) is 14.2 Å². The van der Waals surface area contributed by atoms with E-state index in [1.165, 1.54) is 48.4 Å². The fourth-order valence-corrected chi connectivity index (χ4v) is 10.8. The van der Waals surface area contributed by atoms with Crippen molar-refractivity contribution in [1.82, 2.24) is 20.2 Å². The van der Waals surface area contributed by atoms with Crippen LogP contribution < -0.4 is 20.1 Å². The number of anilines is 1. The summed E-state index contributed by atoms with van der Waals surface area (Å²) in [6, 6.07) is 12.2. The first-order chi connectivity index (χ1) is 26.5.